The number of hydrogen-bond donors (Lipinski definition) is 2. The molecule has 1 saturated heterocycles. The minimum Gasteiger partial charge on any atom is -0.325 e. The summed E-state index contributed by atoms with van der Waals surface area (Å²) < 4.78 is 0. The summed E-state index contributed by atoms with van der Waals surface area (Å²) in [5.41, 5.74) is 1.97. The van der Waals surface area contributed by atoms with Gasteiger partial charge in [-0.15, -0.1) is 5.10 Å². The van der Waals surface area contributed by atoms with Gasteiger partial charge in [0.1, 0.15) is 5.25 Å². The zero-order valence-electron chi connectivity index (χ0n) is 15.1. The fourth-order valence-electron chi connectivity index (χ4n) is 2.42. The Hall–Kier alpha value is -2.06. The van der Waals surface area contributed by atoms with Gasteiger partial charge in [-0.2, -0.15) is 5.10 Å². The van der Waals surface area contributed by atoms with Gasteiger partial charge in [0.25, 0.3) is 0 Å². The molecule has 2 amide bonds. The average Bonchev–Trinajstić information content (AvgIpc) is 3.02. The molecule has 1 unspecified atom stereocenters. The Kier molecular flexibility index (Phi) is 7.18. The maximum absolute atomic E-state index is 12.3. The smallest absolute Gasteiger partial charge is 0.240 e. The van der Waals surface area contributed by atoms with Crippen LogP contribution >= 0.6 is 46.6 Å². The van der Waals surface area contributed by atoms with Gasteiger partial charge >= 0.3 is 0 Å². The Bertz CT molecular complexity index is 1010. The largest absolute Gasteiger partial charge is 0.325 e. The second-order valence-electron chi connectivity index (χ2n) is 6.07. The van der Waals surface area contributed by atoms with Crippen LogP contribution in [0.2, 0.25) is 15.1 Å². The highest BCUT2D eigenvalue weighted by Gasteiger charge is 2.32. The lowest BCUT2D eigenvalue weighted by Gasteiger charge is -2.09. The quantitative estimate of drug-likeness (QED) is 0.478. The summed E-state index contributed by atoms with van der Waals surface area (Å²) in [6.45, 7) is 1.80. The molecule has 1 aliphatic heterocycles. The lowest BCUT2D eigenvalue weighted by atomic mass is 10.1. The van der Waals surface area contributed by atoms with Crippen molar-refractivity contribution in [2.75, 3.05) is 5.32 Å². The molecule has 3 rings (SSSR count). The highest BCUT2D eigenvalue weighted by Crippen LogP contribution is 2.27. The summed E-state index contributed by atoms with van der Waals surface area (Å²) in [6, 6.07) is 11.9. The molecule has 1 atom stereocenters. The number of halogens is 3. The standard InChI is InChI=1S/C19H15Cl3N4O2S/c1-10(11-2-4-12(20)5-3-11)25-26-19-24-18(28)16(29-19)9-17(27)23-15-7-6-13(21)8-14(15)22/h2-8,16H,9H2,1H3,(H,23,27)(H,24,26,28)/b25-10-. The van der Waals surface area contributed by atoms with Crippen molar-refractivity contribution >= 4 is 74.9 Å². The maximum Gasteiger partial charge on any atom is 0.240 e. The van der Waals surface area contributed by atoms with E-state index in [2.05, 4.69) is 20.8 Å². The van der Waals surface area contributed by atoms with Gasteiger partial charge in [0, 0.05) is 16.5 Å². The van der Waals surface area contributed by atoms with E-state index in [0.29, 0.717) is 31.6 Å². The van der Waals surface area contributed by atoms with E-state index >= 15 is 0 Å². The van der Waals surface area contributed by atoms with Gasteiger partial charge in [-0.25, -0.2) is 0 Å². The predicted octanol–water partition coefficient (Wildman–Crippen LogP) is 4.99. The summed E-state index contributed by atoms with van der Waals surface area (Å²) in [7, 11) is 0. The van der Waals surface area contributed by atoms with Gasteiger partial charge in [-0.05, 0) is 42.8 Å². The minimum atomic E-state index is -0.606. The van der Waals surface area contributed by atoms with Crippen molar-refractivity contribution in [2.24, 2.45) is 10.2 Å². The number of thioether (sulfide) groups is 1. The number of benzene rings is 2. The SMILES string of the molecule is C/C(=N/N=C1\NC(=O)C(CC(=O)Nc2ccc(Cl)cc2Cl)S1)c1ccc(Cl)cc1. The number of nitrogens with zero attached hydrogens (tertiary/aromatic N) is 2. The van der Waals surface area contributed by atoms with Crippen molar-refractivity contribution in [2.45, 2.75) is 18.6 Å². The summed E-state index contributed by atoms with van der Waals surface area (Å²) in [6.07, 6.45) is -0.0334. The van der Waals surface area contributed by atoms with E-state index in [0.717, 1.165) is 17.3 Å². The van der Waals surface area contributed by atoms with E-state index in [1.54, 1.807) is 31.2 Å². The number of nitrogens with one attached hydrogen (secondary N) is 2. The second kappa shape index (κ2) is 9.63. The van der Waals surface area contributed by atoms with E-state index in [-0.39, 0.29) is 18.2 Å². The van der Waals surface area contributed by atoms with Crippen molar-refractivity contribution in [1.82, 2.24) is 5.32 Å². The van der Waals surface area contributed by atoms with E-state index < -0.39 is 5.25 Å². The van der Waals surface area contributed by atoms with Gasteiger partial charge in [0.05, 0.1) is 16.4 Å². The topological polar surface area (TPSA) is 82.9 Å². The van der Waals surface area contributed by atoms with E-state index in [1.807, 2.05) is 12.1 Å². The van der Waals surface area contributed by atoms with Crippen LogP contribution in [0.5, 0.6) is 0 Å². The molecule has 0 spiro atoms. The summed E-state index contributed by atoms with van der Waals surface area (Å²) in [4.78, 5) is 24.4. The Labute approximate surface area is 186 Å². The van der Waals surface area contributed by atoms with Crippen LogP contribution in [0.4, 0.5) is 5.69 Å². The molecule has 0 bridgehead atoms. The van der Waals surface area contributed by atoms with Gasteiger partial charge in [-0.1, -0.05) is 58.7 Å². The van der Waals surface area contributed by atoms with E-state index in [4.69, 9.17) is 34.8 Å². The zero-order chi connectivity index (χ0) is 21.0. The highest BCUT2D eigenvalue weighted by molar-refractivity contribution is 8.15. The Morgan fingerprint density at radius 3 is 2.52 bits per heavy atom. The number of hydrogen-bond acceptors (Lipinski definition) is 5. The molecule has 0 aromatic heterocycles. The molecule has 0 aliphatic carbocycles. The number of carbonyl (C=O) groups excluding carboxylic acids is 2. The van der Waals surface area contributed by atoms with Crippen LogP contribution in [-0.4, -0.2) is 27.9 Å². The minimum absolute atomic E-state index is 0.0334. The molecule has 150 valence electrons. The monoisotopic (exact) mass is 468 g/mol. The first-order valence-corrected chi connectivity index (χ1v) is 10.4. The molecular weight excluding hydrogens is 455 g/mol. The third kappa shape index (κ3) is 5.96. The highest BCUT2D eigenvalue weighted by atomic mass is 35.5. The van der Waals surface area contributed by atoms with Crippen LogP contribution in [0, 0.1) is 0 Å². The fourth-order valence-corrected chi connectivity index (χ4v) is 3.92. The first-order valence-electron chi connectivity index (χ1n) is 8.42. The number of carbonyl (C=O) groups is 2. The molecule has 2 N–H and O–H groups in total. The molecule has 1 heterocycles. The molecule has 29 heavy (non-hydrogen) atoms. The third-order valence-corrected chi connectivity index (χ3v) is 5.78. The fraction of sp³-hybridized carbons (Fsp3) is 0.158. The van der Waals surface area contributed by atoms with Gasteiger partial charge in [-0.3, -0.25) is 9.59 Å². The Morgan fingerprint density at radius 2 is 1.83 bits per heavy atom. The van der Waals surface area contributed by atoms with Gasteiger partial charge in [0.15, 0.2) is 5.17 Å². The first-order chi connectivity index (χ1) is 13.8. The molecule has 2 aromatic rings. The Morgan fingerprint density at radius 1 is 1.14 bits per heavy atom. The molecule has 6 nitrogen and oxygen atoms in total. The summed E-state index contributed by atoms with van der Waals surface area (Å²) in [5, 5.41) is 14.7. The normalized spacial score (nSPS) is 18.1. The Balaban J connectivity index is 1.60. The average molecular weight is 470 g/mol. The van der Waals surface area contributed by atoms with Crippen LogP contribution in [0.1, 0.15) is 18.9 Å². The maximum atomic E-state index is 12.3. The number of anilines is 1. The van der Waals surface area contributed by atoms with Crippen LogP contribution in [-0.2, 0) is 9.59 Å². The van der Waals surface area contributed by atoms with Crippen molar-refractivity contribution in [3.8, 4) is 0 Å². The van der Waals surface area contributed by atoms with Crippen molar-refractivity contribution in [3.05, 3.63) is 63.1 Å². The zero-order valence-corrected chi connectivity index (χ0v) is 18.2. The van der Waals surface area contributed by atoms with Crippen LogP contribution in [0.15, 0.2) is 52.7 Å². The number of amides is 2. The molecule has 1 aliphatic rings. The lowest BCUT2D eigenvalue weighted by molar-refractivity contribution is -0.122. The number of rotatable bonds is 5. The van der Waals surface area contributed by atoms with Crippen LogP contribution in [0.3, 0.4) is 0 Å². The molecule has 2 aromatic carbocycles. The summed E-state index contributed by atoms with van der Waals surface area (Å²) in [5.74, 6) is -0.644. The summed E-state index contributed by atoms with van der Waals surface area (Å²) >= 11 is 18.9. The number of amidine groups is 1. The molecule has 10 heteroatoms. The van der Waals surface area contributed by atoms with E-state index in [9.17, 15) is 9.59 Å². The van der Waals surface area contributed by atoms with E-state index in [1.165, 1.54) is 6.07 Å². The lowest BCUT2D eigenvalue weighted by Crippen LogP contribution is -2.28. The second-order valence-corrected chi connectivity index (χ2v) is 8.54. The van der Waals surface area contributed by atoms with Gasteiger partial charge < -0.3 is 10.6 Å². The third-order valence-electron chi connectivity index (χ3n) is 3.91. The molecule has 0 saturated carbocycles. The van der Waals surface area contributed by atoms with Crippen LogP contribution in [0.25, 0.3) is 0 Å². The first kappa shape index (κ1) is 21.6. The van der Waals surface area contributed by atoms with Crippen molar-refractivity contribution in [1.29, 1.82) is 0 Å². The molecule has 1 fully saturated rings. The molecular formula is C19H15Cl3N4O2S. The molecule has 0 radical (unpaired) electrons. The van der Waals surface area contributed by atoms with Gasteiger partial charge in [0.2, 0.25) is 11.8 Å². The van der Waals surface area contributed by atoms with Crippen molar-refractivity contribution < 1.29 is 9.59 Å². The van der Waals surface area contributed by atoms with Crippen molar-refractivity contribution in [3.63, 3.8) is 0 Å². The van der Waals surface area contributed by atoms with Crippen LogP contribution < -0.4 is 10.6 Å². The predicted molar refractivity (Wildman–Crippen MR) is 120 cm³/mol.